The van der Waals surface area contributed by atoms with Gasteiger partial charge in [-0.25, -0.2) is 0 Å². The number of nitrogens with zero attached hydrogens (tertiary/aromatic N) is 3. The standard InChI is InChI=1S/C16H12N4O2S/c17-10-11-3-1-4-12(9-11)18-14(21)6-7-15-19-20-16(22-15)13-5-2-8-23-13/h1-5,8-9H,6-7H2,(H,18,21). The Morgan fingerprint density at radius 3 is 3.00 bits per heavy atom. The fourth-order valence-corrected chi connectivity index (χ4v) is 2.61. The van der Waals surface area contributed by atoms with E-state index < -0.39 is 0 Å². The summed E-state index contributed by atoms with van der Waals surface area (Å²) in [6, 6.07) is 12.6. The minimum absolute atomic E-state index is 0.170. The SMILES string of the molecule is N#Cc1cccc(NC(=O)CCc2nnc(-c3cccs3)o2)c1. The number of amides is 1. The van der Waals surface area contributed by atoms with Crippen molar-refractivity contribution >= 4 is 22.9 Å². The quantitative estimate of drug-likeness (QED) is 0.778. The van der Waals surface area contributed by atoms with Crippen LogP contribution >= 0.6 is 11.3 Å². The number of rotatable bonds is 5. The van der Waals surface area contributed by atoms with Crippen LogP contribution in [0.15, 0.2) is 46.2 Å². The van der Waals surface area contributed by atoms with Crippen molar-refractivity contribution in [3.8, 4) is 16.8 Å². The van der Waals surface area contributed by atoms with Crippen molar-refractivity contribution in [2.24, 2.45) is 0 Å². The summed E-state index contributed by atoms with van der Waals surface area (Å²) >= 11 is 1.52. The van der Waals surface area contributed by atoms with E-state index >= 15 is 0 Å². The molecule has 0 fully saturated rings. The molecule has 0 aliphatic rings. The van der Waals surface area contributed by atoms with Gasteiger partial charge in [-0.2, -0.15) is 5.26 Å². The summed E-state index contributed by atoms with van der Waals surface area (Å²) in [5.74, 6) is 0.724. The molecule has 6 nitrogen and oxygen atoms in total. The van der Waals surface area contributed by atoms with Gasteiger partial charge in [0.05, 0.1) is 16.5 Å². The Labute approximate surface area is 136 Å². The van der Waals surface area contributed by atoms with Crippen molar-refractivity contribution in [2.75, 3.05) is 5.32 Å². The van der Waals surface area contributed by atoms with Gasteiger partial charge in [0.15, 0.2) is 0 Å². The number of nitriles is 1. The second kappa shape index (κ2) is 6.85. The van der Waals surface area contributed by atoms with Gasteiger partial charge in [0.2, 0.25) is 11.8 Å². The molecule has 0 aliphatic carbocycles. The number of anilines is 1. The van der Waals surface area contributed by atoms with E-state index in [1.54, 1.807) is 24.3 Å². The van der Waals surface area contributed by atoms with Crippen LogP contribution in [0.5, 0.6) is 0 Å². The molecule has 0 unspecified atom stereocenters. The maximum Gasteiger partial charge on any atom is 0.257 e. The van der Waals surface area contributed by atoms with Crippen LogP contribution in [0.3, 0.4) is 0 Å². The Hall–Kier alpha value is -2.98. The van der Waals surface area contributed by atoms with E-state index in [1.165, 1.54) is 11.3 Å². The molecule has 2 aromatic heterocycles. The van der Waals surface area contributed by atoms with Gasteiger partial charge in [-0.3, -0.25) is 4.79 Å². The third-order valence-electron chi connectivity index (χ3n) is 3.04. The Balaban J connectivity index is 1.56. The first kappa shape index (κ1) is 14.9. The lowest BCUT2D eigenvalue weighted by Gasteiger charge is -2.04. The molecule has 7 heteroatoms. The number of carbonyl (C=O) groups is 1. The van der Waals surface area contributed by atoms with E-state index in [1.807, 2.05) is 23.6 Å². The van der Waals surface area contributed by atoms with Crippen molar-refractivity contribution < 1.29 is 9.21 Å². The third kappa shape index (κ3) is 3.81. The monoisotopic (exact) mass is 324 g/mol. The van der Waals surface area contributed by atoms with E-state index in [9.17, 15) is 4.79 Å². The van der Waals surface area contributed by atoms with Crippen molar-refractivity contribution in [2.45, 2.75) is 12.8 Å². The number of aromatic nitrogens is 2. The lowest BCUT2D eigenvalue weighted by atomic mass is 10.2. The van der Waals surface area contributed by atoms with Gasteiger partial charge in [-0.05, 0) is 29.6 Å². The van der Waals surface area contributed by atoms with Crippen molar-refractivity contribution in [1.29, 1.82) is 5.26 Å². The van der Waals surface area contributed by atoms with Crippen LogP contribution in [0.1, 0.15) is 17.9 Å². The predicted molar refractivity (Wildman–Crippen MR) is 85.7 cm³/mol. The molecule has 0 atom stereocenters. The summed E-state index contributed by atoms with van der Waals surface area (Å²) in [6.45, 7) is 0. The molecule has 0 bridgehead atoms. The van der Waals surface area contributed by atoms with Gasteiger partial charge in [-0.1, -0.05) is 12.1 Å². The summed E-state index contributed by atoms with van der Waals surface area (Å²) in [5.41, 5.74) is 1.10. The van der Waals surface area contributed by atoms with Crippen molar-refractivity contribution in [1.82, 2.24) is 10.2 Å². The fourth-order valence-electron chi connectivity index (χ4n) is 1.96. The zero-order valence-corrected chi connectivity index (χ0v) is 12.8. The van der Waals surface area contributed by atoms with Gasteiger partial charge in [-0.15, -0.1) is 21.5 Å². The molecule has 0 saturated heterocycles. The number of benzene rings is 1. The van der Waals surface area contributed by atoms with E-state index in [2.05, 4.69) is 15.5 Å². The van der Waals surface area contributed by atoms with Gasteiger partial charge in [0, 0.05) is 18.5 Å². The number of carbonyl (C=O) groups excluding carboxylic acids is 1. The van der Waals surface area contributed by atoms with Crippen LogP contribution in [-0.4, -0.2) is 16.1 Å². The molecule has 23 heavy (non-hydrogen) atoms. The van der Waals surface area contributed by atoms with Crippen LogP contribution in [0.25, 0.3) is 10.8 Å². The Morgan fingerprint density at radius 1 is 1.30 bits per heavy atom. The molecule has 3 rings (SSSR count). The second-order valence-electron chi connectivity index (χ2n) is 4.72. The van der Waals surface area contributed by atoms with Crippen molar-refractivity contribution in [3.05, 3.63) is 53.2 Å². The molecule has 0 saturated carbocycles. The largest absolute Gasteiger partial charge is 0.420 e. The maximum absolute atomic E-state index is 11.9. The summed E-state index contributed by atoms with van der Waals surface area (Å²) in [7, 11) is 0. The first-order valence-corrected chi connectivity index (χ1v) is 7.79. The molecular formula is C16H12N4O2S. The maximum atomic E-state index is 11.9. The highest BCUT2D eigenvalue weighted by molar-refractivity contribution is 7.13. The number of hydrogen-bond donors (Lipinski definition) is 1. The molecule has 1 N–H and O–H groups in total. The predicted octanol–water partition coefficient (Wildman–Crippen LogP) is 3.24. The molecule has 2 heterocycles. The summed E-state index contributed by atoms with van der Waals surface area (Å²) in [5, 5.41) is 21.4. The first-order valence-electron chi connectivity index (χ1n) is 6.91. The highest BCUT2D eigenvalue weighted by Crippen LogP contribution is 2.23. The third-order valence-corrected chi connectivity index (χ3v) is 3.90. The minimum Gasteiger partial charge on any atom is -0.420 e. The van der Waals surface area contributed by atoms with Gasteiger partial charge in [0.1, 0.15) is 0 Å². The molecule has 1 aromatic carbocycles. The zero-order chi connectivity index (χ0) is 16.1. The van der Waals surface area contributed by atoms with Gasteiger partial charge in [0.25, 0.3) is 5.89 Å². The van der Waals surface area contributed by atoms with Crippen molar-refractivity contribution in [3.63, 3.8) is 0 Å². The average Bonchev–Trinajstić information content (AvgIpc) is 3.24. The van der Waals surface area contributed by atoms with E-state index in [4.69, 9.17) is 9.68 Å². The van der Waals surface area contributed by atoms with Crippen LogP contribution in [-0.2, 0) is 11.2 Å². The second-order valence-corrected chi connectivity index (χ2v) is 5.67. The van der Waals surface area contributed by atoms with E-state index in [-0.39, 0.29) is 12.3 Å². The van der Waals surface area contributed by atoms with Crippen LogP contribution in [0, 0.1) is 11.3 Å². The van der Waals surface area contributed by atoms with E-state index in [0.29, 0.717) is 29.5 Å². The number of nitrogens with one attached hydrogen (secondary N) is 1. The Bertz CT molecular complexity index is 849. The summed E-state index contributed by atoms with van der Waals surface area (Å²) in [4.78, 5) is 12.8. The molecule has 0 aliphatic heterocycles. The molecule has 0 spiro atoms. The highest BCUT2D eigenvalue weighted by Gasteiger charge is 2.11. The Morgan fingerprint density at radius 2 is 2.22 bits per heavy atom. The van der Waals surface area contributed by atoms with E-state index in [0.717, 1.165) is 4.88 Å². The van der Waals surface area contributed by atoms with Crippen LogP contribution < -0.4 is 5.32 Å². The lowest BCUT2D eigenvalue weighted by Crippen LogP contribution is -2.12. The van der Waals surface area contributed by atoms with Gasteiger partial charge < -0.3 is 9.73 Å². The molecular weight excluding hydrogens is 312 g/mol. The number of hydrogen-bond acceptors (Lipinski definition) is 6. The number of thiophene rings is 1. The minimum atomic E-state index is -0.170. The molecule has 0 radical (unpaired) electrons. The van der Waals surface area contributed by atoms with Crippen LogP contribution in [0.2, 0.25) is 0 Å². The van der Waals surface area contributed by atoms with Gasteiger partial charge >= 0.3 is 0 Å². The molecule has 1 amide bonds. The molecule has 114 valence electrons. The average molecular weight is 324 g/mol. The Kier molecular flexibility index (Phi) is 4.45. The topological polar surface area (TPSA) is 91.8 Å². The summed E-state index contributed by atoms with van der Waals surface area (Å²) < 4.78 is 5.53. The zero-order valence-electron chi connectivity index (χ0n) is 12.0. The number of aryl methyl sites for hydroxylation is 1. The first-order chi connectivity index (χ1) is 11.2. The smallest absolute Gasteiger partial charge is 0.257 e. The summed E-state index contributed by atoms with van der Waals surface area (Å²) in [6.07, 6.45) is 0.588. The van der Waals surface area contributed by atoms with Crippen LogP contribution in [0.4, 0.5) is 5.69 Å². The normalized spacial score (nSPS) is 10.2. The highest BCUT2D eigenvalue weighted by atomic mass is 32.1. The lowest BCUT2D eigenvalue weighted by molar-refractivity contribution is -0.116. The molecule has 3 aromatic rings. The fraction of sp³-hybridized carbons (Fsp3) is 0.125.